The van der Waals surface area contributed by atoms with Crippen LogP contribution in [0.15, 0.2) is 48.7 Å². The summed E-state index contributed by atoms with van der Waals surface area (Å²) < 4.78 is 0. The molecule has 2 rings (SSSR count). The Kier molecular flexibility index (Phi) is 5.10. The summed E-state index contributed by atoms with van der Waals surface area (Å²) in [4.78, 5) is 4.38. The number of nitrogens with zero attached hydrogens (tertiary/aromatic N) is 1. The molecule has 100 valence electrons. The molecule has 0 spiro atoms. The van der Waals surface area contributed by atoms with E-state index in [9.17, 15) is 0 Å². The molecule has 2 nitrogen and oxygen atoms in total. The van der Waals surface area contributed by atoms with E-state index in [1.807, 2.05) is 19.3 Å². The third-order valence-electron chi connectivity index (χ3n) is 3.53. The molecule has 19 heavy (non-hydrogen) atoms. The summed E-state index contributed by atoms with van der Waals surface area (Å²) in [6, 6.07) is 15.4. The number of hydrogen-bond acceptors (Lipinski definition) is 2. The molecule has 0 saturated heterocycles. The topological polar surface area (TPSA) is 24.9 Å². The second-order valence-electron chi connectivity index (χ2n) is 4.80. The average Bonchev–Trinajstić information content (AvgIpc) is 2.49. The summed E-state index contributed by atoms with van der Waals surface area (Å²) in [6.45, 7) is 2.20. The molecule has 1 aromatic carbocycles. The normalized spacial score (nSPS) is 12.3. The predicted molar refractivity (Wildman–Crippen MR) is 80.2 cm³/mol. The molecule has 0 fully saturated rings. The molecule has 1 aromatic heterocycles. The molecular formula is C17H22N2. The van der Waals surface area contributed by atoms with Crippen LogP contribution in [0.3, 0.4) is 0 Å². The fraction of sp³-hybridized carbons (Fsp3) is 0.353. The predicted octanol–water partition coefficient (Wildman–Crippen LogP) is 3.54. The fourth-order valence-corrected chi connectivity index (χ4v) is 2.35. The van der Waals surface area contributed by atoms with Gasteiger partial charge in [-0.2, -0.15) is 0 Å². The monoisotopic (exact) mass is 254 g/mol. The van der Waals surface area contributed by atoms with Crippen LogP contribution in [0.1, 0.15) is 36.2 Å². The smallest absolute Gasteiger partial charge is 0.0404 e. The lowest BCUT2D eigenvalue weighted by Gasteiger charge is -2.17. The minimum atomic E-state index is 0.397. The molecule has 0 bridgehead atoms. The maximum Gasteiger partial charge on any atom is 0.0404 e. The number of aromatic nitrogens is 1. The fourth-order valence-electron chi connectivity index (χ4n) is 2.35. The van der Waals surface area contributed by atoms with E-state index in [1.54, 1.807) is 0 Å². The Balaban J connectivity index is 2.03. The summed E-state index contributed by atoms with van der Waals surface area (Å²) in [7, 11) is 2.03. The van der Waals surface area contributed by atoms with Gasteiger partial charge in [-0.25, -0.2) is 0 Å². The van der Waals surface area contributed by atoms with E-state index in [0.29, 0.717) is 6.04 Å². The van der Waals surface area contributed by atoms with Crippen LogP contribution >= 0.6 is 0 Å². The Morgan fingerprint density at radius 2 is 2.05 bits per heavy atom. The zero-order valence-electron chi connectivity index (χ0n) is 11.8. The largest absolute Gasteiger partial charge is 0.313 e. The lowest BCUT2D eigenvalue weighted by Crippen LogP contribution is -2.17. The highest BCUT2D eigenvalue weighted by atomic mass is 14.9. The molecule has 0 aliphatic rings. The third-order valence-corrected chi connectivity index (χ3v) is 3.53. The lowest BCUT2D eigenvalue weighted by molar-refractivity contribution is 0.545. The van der Waals surface area contributed by atoms with Crippen LogP contribution in [0.5, 0.6) is 0 Å². The van der Waals surface area contributed by atoms with Gasteiger partial charge in [0, 0.05) is 17.9 Å². The van der Waals surface area contributed by atoms with Crippen LogP contribution < -0.4 is 5.32 Å². The molecule has 0 amide bonds. The second kappa shape index (κ2) is 7.05. The van der Waals surface area contributed by atoms with E-state index >= 15 is 0 Å². The highest BCUT2D eigenvalue weighted by Gasteiger charge is 2.09. The Bertz CT molecular complexity index is 494. The van der Waals surface area contributed by atoms with E-state index in [-0.39, 0.29) is 0 Å². The molecule has 0 radical (unpaired) electrons. The van der Waals surface area contributed by atoms with Gasteiger partial charge in [0.25, 0.3) is 0 Å². The quantitative estimate of drug-likeness (QED) is 0.853. The summed E-state index contributed by atoms with van der Waals surface area (Å²) in [5, 5.41) is 3.41. The third kappa shape index (κ3) is 3.90. The molecule has 1 atom stereocenters. The zero-order chi connectivity index (χ0) is 13.5. The summed E-state index contributed by atoms with van der Waals surface area (Å²) in [5.74, 6) is 0. The summed E-state index contributed by atoms with van der Waals surface area (Å²) >= 11 is 0. The molecule has 0 saturated carbocycles. The average molecular weight is 254 g/mol. The van der Waals surface area contributed by atoms with Gasteiger partial charge < -0.3 is 5.32 Å². The second-order valence-corrected chi connectivity index (χ2v) is 4.80. The first-order chi connectivity index (χ1) is 9.33. The van der Waals surface area contributed by atoms with Gasteiger partial charge in [0.15, 0.2) is 0 Å². The van der Waals surface area contributed by atoms with Crippen molar-refractivity contribution in [1.82, 2.24) is 10.3 Å². The number of rotatable bonds is 6. The first-order valence-corrected chi connectivity index (χ1v) is 6.99. The van der Waals surface area contributed by atoms with Crippen molar-refractivity contribution in [3.05, 3.63) is 65.5 Å². The molecule has 2 heteroatoms. The van der Waals surface area contributed by atoms with E-state index in [1.165, 1.54) is 11.1 Å². The maximum absolute atomic E-state index is 4.38. The minimum Gasteiger partial charge on any atom is -0.313 e. The Morgan fingerprint density at radius 3 is 2.74 bits per heavy atom. The molecule has 0 aliphatic heterocycles. The van der Waals surface area contributed by atoms with Gasteiger partial charge in [0.1, 0.15) is 0 Å². The molecule has 2 aromatic rings. The van der Waals surface area contributed by atoms with E-state index < -0.39 is 0 Å². The molecule has 0 aliphatic carbocycles. The Hall–Kier alpha value is -1.67. The van der Waals surface area contributed by atoms with Crippen molar-refractivity contribution in [2.75, 3.05) is 7.05 Å². The molecule has 1 N–H and O–H groups in total. The SMILES string of the molecule is CCc1cccc(C(CCc2ccccn2)NC)c1. The number of aryl methyl sites for hydroxylation is 2. The number of benzene rings is 1. The van der Waals surface area contributed by atoms with Crippen molar-refractivity contribution in [2.45, 2.75) is 32.2 Å². The van der Waals surface area contributed by atoms with Crippen LogP contribution in [0.2, 0.25) is 0 Å². The summed E-state index contributed by atoms with van der Waals surface area (Å²) in [5.41, 5.74) is 3.93. The number of nitrogens with one attached hydrogen (secondary N) is 1. The number of hydrogen-bond donors (Lipinski definition) is 1. The highest BCUT2D eigenvalue weighted by Crippen LogP contribution is 2.19. The lowest BCUT2D eigenvalue weighted by atomic mass is 9.98. The van der Waals surface area contributed by atoms with Crippen molar-refractivity contribution in [1.29, 1.82) is 0 Å². The van der Waals surface area contributed by atoms with Gasteiger partial charge in [-0.1, -0.05) is 37.3 Å². The van der Waals surface area contributed by atoms with E-state index in [4.69, 9.17) is 0 Å². The first-order valence-electron chi connectivity index (χ1n) is 6.99. The first kappa shape index (κ1) is 13.8. The van der Waals surface area contributed by atoms with Crippen LogP contribution in [-0.4, -0.2) is 12.0 Å². The van der Waals surface area contributed by atoms with Gasteiger partial charge in [0.2, 0.25) is 0 Å². The van der Waals surface area contributed by atoms with Crippen molar-refractivity contribution < 1.29 is 0 Å². The van der Waals surface area contributed by atoms with Crippen LogP contribution in [0.4, 0.5) is 0 Å². The van der Waals surface area contributed by atoms with Crippen molar-refractivity contribution in [3.8, 4) is 0 Å². The van der Waals surface area contributed by atoms with Crippen molar-refractivity contribution >= 4 is 0 Å². The zero-order valence-corrected chi connectivity index (χ0v) is 11.8. The van der Waals surface area contributed by atoms with Crippen molar-refractivity contribution in [2.24, 2.45) is 0 Å². The van der Waals surface area contributed by atoms with E-state index in [2.05, 4.69) is 53.6 Å². The van der Waals surface area contributed by atoms with E-state index in [0.717, 1.165) is 25.0 Å². The molecule has 1 heterocycles. The highest BCUT2D eigenvalue weighted by molar-refractivity contribution is 5.26. The van der Waals surface area contributed by atoms with Crippen LogP contribution in [0, 0.1) is 0 Å². The minimum absolute atomic E-state index is 0.397. The molecule has 1 unspecified atom stereocenters. The van der Waals surface area contributed by atoms with Crippen molar-refractivity contribution in [3.63, 3.8) is 0 Å². The number of pyridine rings is 1. The summed E-state index contributed by atoms with van der Waals surface area (Å²) in [6.07, 6.45) is 5.02. The van der Waals surface area contributed by atoms with Gasteiger partial charge in [-0.3, -0.25) is 4.98 Å². The van der Waals surface area contributed by atoms with Gasteiger partial charge in [-0.15, -0.1) is 0 Å². The Labute approximate surface area is 115 Å². The van der Waals surface area contributed by atoms with Crippen LogP contribution in [-0.2, 0) is 12.8 Å². The van der Waals surface area contributed by atoms with Gasteiger partial charge >= 0.3 is 0 Å². The Morgan fingerprint density at radius 1 is 1.16 bits per heavy atom. The van der Waals surface area contributed by atoms with Gasteiger partial charge in [0.05, 0.1) is 0 Å². The van der Waals surface area contributed by atoms with Crippen LogP contribution in [0.25, 0.3) is 0 Å². The van der Waals surface area contributed by atoms with Gasteiger partial charge in [-0.05, 0) is 49.6 Å². The standard InChI is InChI=1S/C17H22N2/c1-3-14-7-6-8-15(13-14)17(18-2)11-10-16-9-4-5-12-19-16/h4-9,12-13,17-18H,3,10-11H2,1-2H3. The molecular weight excluding hydrogens is 232 g/mol. The maximum atomic E-state index is 4.38.